The molecular formula is C26H19N2P. The van der Waals surface area contributed by atoms with Crippen molar-refractivity contribution in [3.8, 4) is 33.6 Å². The van der Waals surface area contributed by atoms with Crippen molar-refractivity contribution in [2.75, 3.05) is 0 Å². The Bertz CT molecular complexity index is 1280. The first-order valence-electron chi connectivity index (χ1n) is 9.54. The first-order chi connectivity index (χ1) is 14.3. The van der Waals surface area contributed by atoms with Gasteiger partial charge in [0.15, 0.2) is 0 Å². The average molecular weight is 390 g/mol. The summed E-state index contributed by atoms with van der Waals surface area (Å²) in [4.78, 5) is 8.97. The van der Waals surface area contributed by atoms with Gasteiger partial charge in [-0.1, -0.05) is 60.7 Å². The van der Waals surface area contributed by atoms with Crippen molar-refractivity contribution in [2.24, 2.45) is 0 Å². The number of nitrogens with zero attached hydrogens (tertiary/aromatic N) is 2. The van der Waals surface area contributed by atoms with E-state index >= 15 is 0 Å². The molecule has 0 N–H and O–H groups in total. The van der Waals surface area contributed by atoms with Crippen LogP contribution in [0.3, 0.4) is 0 Å². The molecule has 3 heteroatoms. The Balaban J connectivity index is 1.47. The highest BCUT2D eigenvalue weighted by Gasteiger charge is 2.05. The number of hydrogen-bond donors (Lipinski definition) is 0. The maximum absolute atomic E-state index is 4.60. The Morgan fingerprint density at radius 1 is 0.517 bits per heavy atom. The fourth-order valence-electron chi connectivity index (χ4n) is 3.51. The quantitative estimate of drug-likeness (QED) is 0.346. The minimum atomic E-state index is 0.885. The standard InChI is InChI=1S/C26H19N2P/c29-24-11-8-18(9-12-24)19-4-5-21-16-22(7-6-20(21)15-19)23-10-13-26(28-17-23)25-3-1-2-14-27-25/h1-17H,29H2. The summed E-state index contributed by atoms with van der Waals surface area (Å²) in [6.07, 6.45) is 3.71. The van der Waals surface area contributed by atoms with Crippen molar-refractivity contribution in [3.05, 3.63) is 103 Å². The van der Waals surface area contributed by atoms with Gasteiger partial charge in [0.25, 0.3) is 0 Å². The molecule has 5 rings (SSSR count). The van der Waals surface area contributed by atoms with Gasteiger partial charge in [-0.2, -0.15) is 0 Å². The Morgan fingerprint density at radius 2 is 1.14 bits per heavy atom. The van der Waals surface area contributed by atoms with Gasteiger partial charge in [0.2, 0.25) is 0 Å². The fraction of sp³-hybridized carbons (Fsp3) is 0. The number of benzene rings is 3. The molecule has 0 aliphatic heterocycles. The van der Waals surface area contributed by atoms with E-state index in [1.54, 1.807) is 6.20 Å². The lowest BCUT2D eigenvalue weighted by atomic mass is 9.98. The SMILES string of the molecule is Pc1ccc(-c2ccc3cc(-c4ccc(-c5ccccn5)nc4)ccc3c2)cc1. The van der Waals surface area contributed by atoms with Crippen molar-refractivity contribution < 1.29 is 0 Å². The van der Waals surface area contributed by atoms with Crippen molar-refractivity contribution in [3.63, 3.8) is 0 Å². The van der Waals surface area contributed by atoms with Crippen LogP contribution in [0.4, 0.5) is 0 Å². The second-order valence-corrected chi connectivity index (χ2v) is 7.71. The third kappa shape index (κ3) is 3.68. The molecule has 0 aliphatic rings. The molecule has 2 aromatic heterocycles. The number of pyridine rings is 2. The molecule has 138 valence electrons. The van der Waals surface area contributed by atoms with Gasteiger partial charge in [-0.05, 0) is 63.1 Å². The predicted molar refractivity (Wildman–Crippen MR) is 125 cm³/mol. The highest BCUT2D eigenvalue weighted by Crippen LogP contribution is 2.29. The Hall–Kier alpha value is -3.35. The molecule has 0 bridgehead atoms. The zero-order valence-electron chi connectivity index (χ0n) is 15.8. The summed E-state index contributed by atoms with van der Waals surface area (Å²) in [5.74, 6) is 0. The van der Waals surface area contributed by atoms with Gasteiger partial charge in [0.05, 0.1) is 11.4 Å². The molecule has 0 amide bonds. The van der Waals surface area contributed by atoms with Gasteiger partial charge in [-0.15, -0.1) is 9.24 Å². The Kier molecular flexibility index (Phi) is 4.63. The summed E-state index contributed by atoms with van der Waals surface area (Å²) >= 11 is 0. The van der Waals surface area contributed by atoms with Gasteiger partial charge < -0.3 is 0 Å². The van der Waals surface area contributed by atoms with Crippen LogP contribution in [0.1, 0.15) is 0 Å². The minimum absolute atomic E-state index is 0.885. The summed E-state index contributed by atoms with van der Waals surface area (Å²) < 4.78 is 0. The van der Waals surface area contributed by atoms with Gasteiger partial charge in [-0.25, -0.2) is 0 Å². The largest absolute Gasteiger partial charge is 0.255 e. The Labute approximate surface area is 172 Å². The van der Waals surface area contributed by atoms with E-state index in [2.05, 4.69) is 85.9 Å². The van der Waals surface area contributed by atoms with E-state index in [0.717, 1.165) is 22.5 Å². The molecular weight excluding hydrogens is 371 g/mol. The van der Waals surface area contributed by atoms with E-state index < -0.39 is 0 Å². The lowest BCUT2D eigenvalue weighted by molar-refractivity contribution is 1.25. The smallest absolute Gasteiger partial charge is 0.0886 e. The van der Waals surface area contributed by atoms with Crippen LogP contribution in [-0.2, 0) is 0 Å². The maximum Gasteiger partial charge on any atom is 0.0886 e. The van der Waals surface area contributed by atoms with Crippen LogP contribution in [0.5, 0.6) is 0 Å². The van der Waals surface area contributed by atoms with Crippen molar-refractivity contribution in [1.82, 2.24) is 9.97 Å². The highest BCUT2D eigenvalue weighted by molar-refractivity contribution is 7.27. The molecule has 2 heterocycles. The molecule has 0 spiro atoms. The zero-order chi connectivity index (χ0) is 19.6. The lowest BCUT2D eigenvalue weighted by Crippen LogP contribution is -1.88. The van der Waals surface area contributed by atoms with E-state index in [1.165, 1.54) is 27.2 Å². The summed E-state index contributed by atoms with van der Waals surface area (Å²) in [6, 6.07) is 31.8. The molecule has 0 fully saturated rings. The molecule has 2 nitrogen and oxygen atoms in total. The first-order valence-corrected chi connectivity index (χ1v) is 10.1. The molecule has 0 saturated carbocycles. The molecule has 0 aliphatic carbocycles. The molecule has 1 atom stereocenters. The van der Waals surface area contributed by atoms with E-state index in [0.29, 0.717) is 0 Å². The number of fused-ring (bicyclic) bond motifs is 1. The summed E-state index contributed by atoms with van der Waals surface area (Å²) in [5.41, 5.74) is 6.51. The molecule has 1 unspecified atom stereocenters. The maximum atomic E-state index is 4.60. The first kappa shape index (κ1) is 17.7. The molecule has 29 heavy (non-hydrogen) atoms. The van der Waals surface area contributed by atoms with E-state index in [1.807, 2.05) is 30.5 Å². The van der Waals surface area contributed by atoms with E-state index in [9.17, 15) is 0 Å². The second kappa shape index (κ2) is 7.58. The molecule has 3 aromatic carbocycles. The van der Waals surface area contributed by atoms with Crippen LogP contribution < -0.4 is 5.30 Å². The van der Waals surface area contributed by atoms with Crippen molar-refractivity contribution in [1.29, 1.82) is 0 Å². The average Bonchev–Trinajstić information content (AvgIpc) is 2.80. The van der Waals surface area contributed by atoms with Gasteiger partial charge in [-0.3, -0.25) is 9.97 Å². The van der Waals surface area contributed by atoms with Gasteiger partial charge in [0.1, 0.15) is 0 Å². The van der Waals surface area contributed by atoms with Crippen LogP contribution in [0.15, 0.2) is 103 Å². The Morgan fingerprint density at radius 3 is 1.76 bits per heavy atom. The lowest BCUT2D eigenvalue weighted by Gasteiger charge is -2.08. The molecule has 0 radical (unpaired) electrons. The molecule has 5 aromatic rings. The zero-order valence-corrected chi connectivity index (χ0v) is 16.9. The summed E-state index contributed by atoms with van der Waals surface area (Å²) in [5, 5.41) is 3.66. The van der Waals surface area contributed by atoms with Crippen LogP contribution >= 0.6 is 9.24 Å². The third-order valence-electron chi connectivity index (χ3n) is 5.11. The third-order valence-corrected chi connectivity index (χ3v) is 5.49. The van der Waals surface area contributed by atoms with Crippen LogP contribution in [-0.4, -0.2) is 9.97 Å². The van der Waals surface area contributed by atoms with Gasteiger partial charge in [0, 0.05) is 18.0 Å². The number of aromatic nitrogens is 2. The van der Waals surface area contributed by atoms with Gasteiger partial charge >= 0.3 is 0 Å². The molecule has 0 saturated heterocycles. The summed E-state index contributed by atoms with van der Waals surface area (Å²) in [7, 11) is 2.73. The highest BCUT2D eigenvalue weighted by atomic mass is 31.0. The number of hydrogen-bond acceptors (Lipinski definition) is 2. The van der Waals surface area contributed by atoms with E-state index in [4.69, 9.17) is 0 Å². The van der Waals surface area contributed by atoms with E-state index in [-0.39, 0.29) is 0 Å². The number of rotatable bonds is 3. The van der Waals surface area contributed by atoms with Crippen molar-refractivity contribution >= 4 is 25.3 Å². The minimum Gasteiger partial charge on any atom is -0.255 e. The fourth-order valence-corrected chi connectivity index (χ4v) is 3.70. The van der Waals surface area contributed by atoms with Crippen LogP contribution in [0, 0.1) is 0 Å². The van der Waals surface area contributed by atoms with Crippen molar-refractivity contribution in [2.45, 2.75) is 0 Å². The normalized spacial score (nSPS) is 10.9. The van der Waals surface area contributed by atoms with Crippen LogP contribution in [0.25, 0.3) is 44.4 Å². The van der Waals surface area contributed by atoms with Crippen LogP contribution in [0.2, 0.25) is 0 Å². The summed E-state index contributed by atoms with van der Waals surface area (Å²) in [6.45, 7) is 0. The second-order valence-electron chi connectivity index (χ2n) is 7.05. The topological polar surface area (TPSA) is 25.8 Å². The predicted octanol–water partition coefficient (Wildman–Crippen LogP) is 6.13. The monoisotopic (exact) mass is 390 g/mol.